The van der Waals surface area contributed by atoms with E-state index in [0.717, 1.165) is 50.1 Å². The average Bonchev–Trinajstić information content (AvgIpc) is 3.17. The predicted molar refractivity (Wildman–Crippen MR) is 140 cm³/mol. The van der Waals surface area contributed by atoms with Crippen LogP contribution < -0.4 is 0 Å². The molecule has 2 aromatic carbocycles. The fraction of sp³-hybridized carbons (Fsp3) is 0.517. The first-order valence-corrected chi connectivity index (χ1v) is 13.6. The smallest absolute Gasteiger partial charge is 0.236 e. The summed E-state index contributed by atoms with van der Waals surface area (Å²) in [6, 6.07) is 16.9. The van der Waals surface area contributed by atoms with E-state index in [2.05, 4.69) is 4.90 Å². The summed E-state index contributed by atoms with van der Waals surface area (Å²) >= 11 is 6.23. The van der Waals surface area contributed by atoms with Crippen LogP contribution in [0.15, 0.2) is 54.6 Å². The average molecular weight is 510 g/mol. The highest BCUT2D eigenvalue weighted by molar-refractivity contribution is 6.30. The molecule has 0 radical (unpaired) electrons. The second-order valence-electron chi connectivity index (χ2n) is 10.7. The van der Waals surface area contributed by atoms with Gasteiger partial charge >= 0.3 is 0 Å². The van der Waals surface area contributed by atoms with Crippen LogP contribution in [-0.4, -0.2) is 70.4 Å². The molecule has 3 saturated heterocycles. The van der Waals surface area contributed by atoms with Gasteiger partial charge in [0.15, 0.2) is 0 Å². The first-order chi connectivity index (χ1) is 17.4. The van der Waals surface area contributed by atoms with Gasteiger partial charge in [-0.05, 0) is 74.9 Å². The van der Waals surface area contributed by atoms with Gasteiger partial charge in [-0.25, -0.2) is 0 Å². The van der Waals surface area contributed by atoms with Crippen LogP contribution in [-0.2, 0) is 16.1 Å². The number of nitrogens with zero attached hydrogens (tertiary/aromatic N) is 3. The minimum Gasteiger partial charge on any atom is -0.386 e. The van der Waals surface area contributed by atoms with Gasteiger partial charge in [0, 0.05) is 24.7 Å². The van der Waals surface area contributed by atoms with E-state index >= 15 is 0 Å². The Labute approximate surface area is 218 Å². The standard InChI is InChI=1S/C29H36ClN3O3/c30-24-11-7-8-22(18-24)20-33-25(27(35)23-9-3-1-4-10-23)19-29(28(33)36)12-16-31(17-13-29)21-26(34)32-14-5-2-6-15-32/h1,3-4,7-11,18,25,27,35H,2,5-6,12-17,19-21H2/t25-,27+/m0/s1. The number of hydrogen-bond acceptors (Lipinski definition) is 4. The highest BCUT2D eigenvalue weighted by atomic mass is 35.5. The Morgan fingerprint density at radius 2 is 1.72 bits per heavy atom. The van der Waals surface area contributed by atoms with Crippen molar-refractivity contribution in [1.29, 1.82) is 0 Å². The largest absolute Gasteiger partial charge is 0.386 e. The molecule has 3 heterocycles. The molecule has 5 rings (SSSR count). The molecule has 1 spiro atoms. The van der Waals surface area contributed by atoms with Gasteiger partial charge in [-0.3, -0.25) is 14.5 Å². The van der Waals surface area contributed by atoms with E-state index in [-0.39, 0.29) is 17.9 Å². The quantitative estimate of drug-likeness (QED) is 0.631. The molecule has 0 bridgehead atoms. The minimum atomic E-state index is -0.757. The summed E-state index contributed by atoms with van der Waals surface area (Å²) in [5.74, 6) is 0.327. The van der Waals surface area contributed by atoms with Crippen LogP contribution in [0.4, 0.5) is 0 Å². The lowest BCUT2D eigenvalue weighted by Crippen LogP contribution is -2.48. The number of hydrogen-bond donors (Lipinski definition) is 1. The Hall–Kier alpha value is -2.41. The fourth-order valence-corrected chi connectivity index (χ4v) is 6.43. The van der Waals surface area contributed by atoms with Gasteiger partial charge in [0.25, 0.3) is 0 Å². The zero-order chi connectivity index (χ0) is 25.1. The Balaban J connectivity index is 1.31. The Kier molecular flexibility index (Phi) is 7.65. The van der Waals surface area contributed by atoms with Crippen molar-refractivity contribution >= 4 is 23.4 Å². The normalized spacial score (nSPS) is 23.3. The summed E-state index contributed by atoms with van der Waals surface area (Å²) in [6.45, 7) is 4.05. The molecule has 1 N–H and O–H groups in total. The van der Waals surface area contributed by atoms with E-state index in [1.165, 1.54) is 6.42 Å². The lowest BCUT2D eigenvalue weighted by molar-refractivity contribution is -0.141. The SMILES string of the molecule is O=C(CN1CCC2(CC1)C[C@@H]([C@H](O)c1ccccc1)N(Cc1cccc(Cl)c1)C2=O)N1CCCCC1. The van der Waals surface area contributed by atoms with E-state index < -0.39 is 11.5 Å². The number of benzene rings is 2. The number of rotatable bonds is 6. The molecule has 0 saturated carbocycles. The molecule has 0 aliphatic carbocycles. The Bertz CT molecular complexity index is 1060. The van der Waals surface area contributed by atoms with Crippen LogP contribution >= 0.6 is 11.6 Å². The molecule has 0 unspecified atom stereocenters. The highest BCUT2D eigenvalue weighted by Crippen LogP contribution is 2.48. The van der Waals surface area contributed by atoms with Crippen molar-refractivity contribution in [2.24, 2.45) is 5.41 Å². The molecule has 6 nitrogen and oxygen atoms in total. The Morgan fingerprint density at radius 1 is 1.00 bits per heavy atom. The molecule has 2 amide bonds. The van der Waals surface area contributed by atoms with E-state index in [0.29, 0.717) is 37.4 Å². The van der Waals surface area contributed by atoms with Crippen molar-refractivity contribution in [2.75, 3.05) is 32.7 Å². The van der Waals surface area contributed by atoms with Gasteiger partial charge in [-0.15, -0.1) is 0 Å². The third kappa shape index (κ3) is 5.31. The van der Waals surface area contributed by atoms with Gasteiger partial charge in [0.1, 0.15) is 0 Å². The lowest BCUT2D eigenvalue weighted by Gasteiger charge is -2.38. The van der Waals surface area contributed by atoms with Gasteiger partial charge in [0.05, 0.1) is 24.1 Å². The van der Waals surface area contributed by atoms with E-state index in [1.54, 1.807) is 0 Å². The monoisotopic (exact) mass is 509 g/mol. The minimum absolute atomic E-state index is 0.115. The second kappa shape index (κ2) is 10.9. The van der Waals surface area contributed by atoms with Crippen molar-refractivity contribution in [3.63, 3.8) is 0 Å². The topological polar surface area (TPSA) is 64.1 Å². The zero-order valence-corrected chi connectivity index (χ0v) is 21.6. The van der Waals surface area contributed by atoms with Gasteiger partial charge in [0.2, 0.25) is 11.8 Å². The van der Waals surface area contributed by atoms with E-state index in [4.69, 9.17) is 11.6 Å². The highest BCUT2D eigenvalue weighted by Gasteiger charge is 2.54. The zero-order valence-electron chi connectivity index (χ0n) is 20.8. The number of likely N-dealkylation sites (tertiary alicyclic amines) is 3. The van der Waals surface area contributed by atoms with Crippen molar-refractivity contribution in [1.82, 2.24) is 14.7 Å². The number of aliphatic hydroxyl groups excluding tert-OH is 1. The van der Waals surface area contributed by atoms with Crippen LogP contribution in [0.3, 0.4) is 0 Å². The molecule has 7 heteroatoms. The van der Waals surface area contributed by atoms with Gasteiger partial charge in [-0.2, -0.15) is 0 Å². The van der Waals surface area contributed by atoms with Crippen LogP contribution in [0.5, 0.6) is 0 Å². The van der Waals surface area contributed by atoms with Crippen LogP contribution in [0.2, 0.25) is 5.02 Å². The predicted octanol–water partition coefficient (Wildman–Crippen LogP) is 4.27. The summed E-state index contributed by atoms with van der Waals surface area (Å²) < 4.78 is 0. The van der Waals surface area contributed by atoms with E-state index in [9.17, 15) is 14.7 Å². The summed E-state index contributed by atoms with van der Waals surface area (Å²) in [7, 11) is 0. The van der Waals surface area contributed by atoms with Crippen molar-refractivity contribution in [3.8, 4) is 0 Å². The number of halogens is 1. The molecule has 3 fully saturated rings. The number of carbonyl (C=O) groups excluding carboxylic acids is 2. The van der Waals surface area contributed by atoms with Crippen molar-refractivity contribution in [2.45, 2.75) is 57.2 Å². The molecule has 192 valence electrons. The maximum Gasteiger partial charge on any atom is 0.236 e. The molecule has 36 heavy (non-hydrogen) atoms. The van der Waals surface area contributed by atoms with Crippen molar-refractivity contribution < 1.29 is 14.7 Å². The van der Waals surface area contributed by atoms with Gasteiger partial charge < -0.3 is 14.9 Å². The number of amides is 2. The van der Waals surface area contributed by atoms with Gasteiger partial charge in [-0.1, -0.05) is 54.1 Å². The van der Waals surface area contributed by atoms with Crippen LogP contribution in [0.25, 0.3) is 0 Å². The molecule has 3 aliphatic rings. The number of carbonyl (C=O) groups is 2. The number of aliphatic hydroxyl groups is 1. The van der Waals surface area contributed by atoms with Crippen LogP contribution in [0, 0.1) is 5.41 Å². The summed E-state index contributed by atoms with van der Waals surface area (Å²) in [6.07, 6.45) is 4.68. The maximum atomic E-state index is 14.0. The molecule has 3 aliphatic heterocycles. The first-order valence-electron chi connectivity index (χ1n) is 13.2. The van der Waals surface area contributed by atoms with E-state index in [1.807, 2.05) is 64.4 Å². The second-order valence-corrected chi connectivity index (χ2v) is 11.1. The Morgan fingerprint density at radius 3 is 2.42 bits per heavy atom. The summed E-state index contributed by atoms with van der Waals surface area (Å²) in [5.41, 5.74) is 1.29. The maximum absolute atomic E-state index is 14.0. The first kappa shape index (κ1) is 25.2. The molecule has 2 atom stereocenters. The third-order valence-electron chi connectivity index (χ3n) is 8.34. The lowest BCUT2D eigenvalue weighted by atomic mass is 9.75. The summed E-state index contributed by atoms with van der Waals surface area (Å²) in [5, 5.41) is 12.0. The number of piperidine rings is 2. The van der Waals surface area contributed by atoms with Crippen LogP contribution in [0.1, 0.15) is 55.8 Å². The molecular formula is C29H36ClN3O3. The molecule has 0 aromatic heterocycles. The molecule has 2 aromatic rings. The molecular weight excluding hydrogens is 474 g/mol. The fourth-order valence-electron chi connectivity index (χ4n) is 6.22. The third-order valence-corrected chi connectivity index (χ3v) is 8.58. The van der Waals surface area contributed by atoms with Crippen molar-refractivity contribution in [3.05, 3.63) is 70.7 Å². The summed E-state index contributed by atoms with van der Waals surface area (Å²) in [4.78, 5) is 32.8.